The number of hydrogen-bond donors (Lipinski definition) is 3. The zero-order valence-corrected chi connectivity index (χ0v) is 19.8. The Kier molecular flexibility index (Phi) is 11.4. The Morgan fingerprint density at radius 1 is 0.605 bits per heavy atom. The van der Waals surface area contributed by atoms with E-state index in [1.165, 1.54) is 36.4 Å². The van der Waals surface area contributed by atoms with E-state index in [4.69, 9.17) is 20.1 Å². The first-order valence-corrected chi connectivity index (χ1v) is 10.9. The van der Waals surface area contributed by atoms with Gasteiger partial charge in [-0.3, -0.25) is 29.0 Å². The molecule has 0 amide bonds. The van der Waals surface area contributed by atoms with Crippen LogP contribution in [0.3, 0.4) is 0 Å². The summed E-state index contributed by atoms with van der Waals surface area (Å²) in [6.45, 7) is -2.80. The average molecular weight is 532 g/mol. The largest absolute Gasteiger partial charge is 0.480 e. The molecule has 0 spiro atoms. The van der Waals surface area contributed by atoms with Crippen LogP contribution in [-0.2, 0) is 29.0 Å². The van der Waals surface area contributed by atoms with Crippen LogP contribution in [0, 0.1) is 0 Å². The van der Waals surface area contributed by atoms with Gasteiger partial charge in [0.15, 0.2) is 0 Å². The number of benzene rings is 2. The normalized spacial score (nSPS) is 10.6. The number of ether oxygens (including phenoxy) is 1. The summed E-state index contributed by atoms with van der Waals surface area (Å²) >= 11 is 0. The monoisotopic (exact) mass is 532 g/mol. The lowest BCUT2D eigenvalue weighted by molar-refractivity contribution is -0.187. The van der Waals surface area contributed by atoms with Gasteiger partial charge in [0.1, 0.15) is 11.3 Å². The van der Waals surface area contributed by atoms with Gasteiger partial charge in [-0.05, 0) is 24.3 Å². The highest BCUT2D eigenvalue weighted by molar-refractivity contribution is 5.95. The lowest BCUT2D eigenvalue weighted by Crippen LogP contribution is -2.44. The molecule has 0 aliphatic rings. The van der Waals surface area contributed by atoms with Crippen molar-refractivity contribution in [1.82, 2.24) is 9.80 Å². The highest BCUT2D eigenvalue weighted by atomic mass is 17.2. The zero-order chi connectivity index (χ0) is 28.1. The van der Waals surface area contributed by atoms with E-state index in [-0.39, 0.29) is 30.0 Å². The first-order valence-electron chi connectivity index (χ1n) is 10.9. The van der Waals surface area contributed by atoms with Gasteiger partial charge in [0.25, 0.3) is 0 Å². The lowest BCUT2D eigenvalue weighted by Gasteiger charge is -2.24. The molecule has 0 aromatic heterocycles. The molecule has 0 heterocycles. The summed E-state index contributed by atoms with van der Waals surface area (Å²) in [5.41, 5.74) is -0.135. The molecular formula is C24H24N2O12. The van der Waals surface area contributed by atoms with Gasteiger partial charge in [0.2, 0.25) is 0 Å². The van der Waals surface area contributed by atoms with Gasteiger partial charge in [-0.2, -0.15) is 0 Å². The van der Waals surface area contributed by atoms with E-state index in [1.54, 1.807) is 18.2 Å². The van der Waals surface area contributed by atoms with E-state index in [0.29, 0.717) is 0 Å². The minimum absolute atomic E-state index is 0.129. The number of para-hydroxylation sites is 1. The predicted molar refractivity (Wildman–Crippen MR) is 125 cm³/mol. The second-order valence-corrected chi connectivity index (χ2v) is 7.68. The van der Waals surface area contributed by atoms with Crippen molar-refractivity contribution in [2.24, 2.45) is 0 Å². The van der Waals surface area contributed by atoms with Crippen molar-refractivity contribution in [2.45, 2.75) is 0 Å². The molecule has 0 aliphatic carbocycles. The number of carbonyl (C=O) groups excluding carboxylic acids is 3. The van der Waals surface area contributed by atoms with E-state index in [1.807, 2.05) is 0 Å². The minimum atomic E-state index is -1.30. The summed E-state index contributed by atoms with van der Waals surface area (Å²) < 4.78 is 5.19. The summed E-state index contributed by atoms with van der Waals surface area (Å²) in [5, 5.41) is 27.0. The van der Waals surface area contributed by atoms with Gasteiger partial charge in [-0.15, -0.1) is 0 Å². The number of carboxylic acids is 3. The van der Waals surface area contributed by atoms with Crippen LogP contribution in [0.2, 0.25) is 0 Å². The first-order chi connectivity index (χ1) is 18.0. The van der Waals surface area contributed by atoms with Crippen molar-refractivity contribution in [1.29, 1.82) is 0 Å². The zero-order valence-electron chi connectivity index (χ0n) is 19.8. The molecule has 2 rings (SSSR count). The van der Waals surface area contributed by atoms with Crippen molar-refractivity contribution in [2.75, 3.05) is 39.3 Å². The van der Waals surface area contributed by atoms with Crippen molar-refractivity contribution in [3.8, 4) is 5.75 Å². The first kappa shape index (κ1) is 29.4. The molecule has 0 saturated carbocycles. The van der Waals surface area contributed by atoms with Crippen molar-refractivity contribution >= 4 is 35.8 Å². The van der Waals surface area contributed by atoms with Crippen LogP contribution in [0.15, 0.2) is 54.6 Å². The topological polar surface area (TPSA) is 197 Å². The second-order valence-electron chi connectivity index (χ2n) is 7.68. The summed E-state index contributed by atoms with van der Waals surface area (Å²) in [6.07, 6.45) is 0. The fourth-order valence-corrected chi connectivity index (χ4v) is 3.09. The minimum Gasteiger partial charge on any atom is -0.480 e. The highest BCUT2D eigenvalue weighted by Crippen LogP contribution is 2.20. The molecule has 0 atom stereocenters. The number of aliphatic carboxylic acids is 3. The predicted octanol–water partition coefficient (Wildman–Crippen LogP) is 0.379. The van der Waals surface area contributed by atoms with Gasteiger partial charge in [-0.1, -0.05) is 30.3 Å². The van der Waals surface area contributed by atoms with Crippen molar-refractivity contribution in [3.63, 3.8) is 0 Å². The lowest BCUT2D eigenvalue weighted by atomic mass is 10.2. The molecule has 0 unspecified atom stereocenters. The number of esters is 1. The number of nitrogens with zero attached hydrogens (tertiary/aromatic N) is 2. The molecule has 38 heavy (non-hydrogen) atoms. The molecule has 0 aliphatic heterocycles. The molecule has 202 valence electrons. The maximum Gasteiger partial charge on any atom is 0.390 e. The van der Waals surface area contributed by atoms with Crippen molar-refractivity contribution < 1.29 is 58.6 Å². The van der Waals surface area contributed by atoms with Crippen molar-refractivity contribution in [3.05, 3.63) is 65.7 Å². The fraction of sp³-hybridized carbons (Fsp3) is 0.250. The molecule has 2 aromatic carbocycles. The molecule has 0 bridgehead atoms. The molecule has 14 heteroatoms. The standard InChI is InChI=1S/C24H24N2O12/c27-19(28)12-25(13-20(29)30)10-11-26(14-21(31)32)15-22(33)36-18-9-5-4-8-17(18)24(35)38-37-23(34)16-6-2-1-3-7-16/h1-9H,10-15H2,(H,27,28)(H,29,30)(H,31,32). The number of carboxylic acid groups (broad SMARTS) is 3. The third-order valence-electron chi connectivity index (χ3n) is 4.70. The summed E-state index contributed by atoms with van der Waals surface area (Å²) in [6, 6.07) is 13.1. The third-order valence-corrected chi connectivity index (χ3v) is 4.70. The molecule has 0 saturated heterocycles. The maximum atomic E-state index is 12.5. The van der Waals surface area contributed by atoms with Gasteiger partial charge < -0.3 is 20.1 Å². The van der Waals surface area contributed by atoms with E-state index < -0.39 is 62.0 Å². The average Bonchev–Trinajstić information content (AvgIpc) is 2.85. The Bertz CT molecular complexity index is 1150. The number of rotatable bonds is 14. The smallest absolute Gasteiger partial charge is 0.390 e. The quantitative estimate of drug-likeness (QED) is 0.131. The SMILES string of the molecule is O=C(O)CN(CCN(CC(=O)O)CC(=O)Oc1ccccc1C(=O)OOC(=O)c1ccccc1)CC(=O)O. The summed E-state index contributed by atoms with van der Waals surface area (Å²) in [4.78, 5) is 81.3. The van der Waals surface area contributed by atoms with Gasteiger partial charge in [-0.25, -0.2) is 19.4 Å². The molecule has 3 N–H and O–H groups in total. The molecule has 14 nitrogen and oxygen atoms in total. The molecular weight excluding hydrogens is 508 g/mol. The Morgan fingerprint density at radius 3 is 1.63 bits per heavy atom. The Balaban J connectivity index is 2.02. The number of hydrogen-bond acceptors (Lipinski definition) is 11. The molecule has 2 aromatic rings. The third kappa shape index (κ3) is 10.4. The summed E-state index contributed by atoms with van der Waals surface area (Å²) in [5.74, 6) is -7.18. The van der Waals surface area contributed by atoms with E-state index >= 15 is 0 Å². The van der Waals surface area contributed by atoms with Crippen LogP contribution in [0.4, 0.5) is 0 Å². The van der Waals surface area contributed by atoms with Crippen LogP contribution in [0.5, 0.6) is 5.75 Å². The molecule has 0 radical (unpaired) electrons. The van der Waals surface area contributed by atoms with E-state index in [2.05, 4.69) is 9.78 Å². The fourth-order valence-electron chi connectivity index (χ4n) is 3.09. The molecule has 0 fully saturated rings. The van der Waals surface area contributed by atoms with E-state index in [0.717, 1.165) is 9.80 Å². The van der Waals surface area contributed by atoms with Gasteiger partial charge in [0, 0.05) is 13.1 Å². The summed E-state index contributed by atoms with van der Waals surface area (Å²) in [7, 11) is 0. The van der Waals surface area contributed by atoms with Crippen LogP contribution in [0.1, 0.15) is 20.7 Å². The Hall–Kier alpha value is -4.82. The second kappa shape index (κ2) is 14.7. The Morgan fingerprint density at radius 2 is 1.08 bits per heavy atom. The highest BCUT2D eigenvalue weighted by Gasteiger charge is 2.22. The van der Waals surface area contributed by atoms with Gasteiger partial charge in [0.05, 0.1) is 31.7 Å². The van der Waals surface area contributed by atoms with Crippen LogP contribution in [-0.4, -0.2) is 100 Å². The van der Waals surface area contributed by atoms with Crippen LogP contribution in [0.25, 0.3) is 0 Å². The Labute approximate surface area is 215 Å². The van der Waals surface area contributed by atoms with E-state index in [9.17, 15) is 28.8 Å². The maximum absolute atomic E-state index is 12.5. The number of carbonyl (C=O) groups is 6. The van der Waals surface area contributed by atoms with Crippen LogP contribution >= 0.6 is 0 Å². The van der Waals surface area contributed by atoms with Crippen LogP contribution < -0.4 is 4.74 Å². The van der Waals surface area contributed by atoms with Gasteiger partial charge >= 0.3 is 35.8 Å².